The third-order valence-corrected chi connectivity index (χ3v) is 3.18. The smallest absolute Gasteiger partial charge is 0.204 e. The van der Waals surface area contributed by atoms with Crippen molar-refractivity contribution in [3.05, 3.63) is 16.4 Å². The normalized spacial score (nSPS) is 17.8. The minimum atomic E-state index is 0.685. The topological polar surface area (TPSA) is 35.2 Å². The molecule has 1 aliphatic heterocycles. The van der Waals surface area contributed by atoms with Crippen molar-refractivity contribution in [2.45, 2.75) is 13.3 Å². The van der Waals surface area contributed by atoms with Crippen LogP contribution in [0.4, 0.5) is 5.95 Å². The molecule has 1 N–H and O–H groups in total. The number of aromatic nitrogens is 2. The highest BCUT2D eigenvalue weighted by Gasteiger charge is 2.15. The van der Waals surface area contributed by atoms with Crippen LogP contribution in [-0.2, 0) is 6.42 Å². The molecule has 1 aromatic rings. The molecule has 4 nitrogen and oxygen atoms in total. The maximum absolute atomic E-state index is 5.18. The van der Waals surface area contributed by atoms with Gasteiger partial charge in [0.05, 0.1) is 0 Å². The number of aryl methyl sites for hydroxylation is 1. The van der Waals surface area contributed by atoms with Gasteiger partial charge in [0.25, 0.3) is 0 Å². The van der Waals surface area contributed by atoms with Crippen LogP contribution in [0.2, 0.25) is 0 Å². The number of hydrogen-bond donors (Lipinski definition) is 1. The molecule has 0 aliphatic carbocycles. The molecule has 0 spiro atoms. The van der Waals surface area contributed by atoms with E-state index in [2.05, 4.69) is 33.7 Å². The number of aromatic amines is 1. The third kappa shape index (κ3) is 2.59. The Balaban J connectivity index is 2.20. The summed E-state index contributed by atoms with van der Waals surface area (Å²) in [5, 5.41) is 0. The van der Waals surface area contributed by atoms with E-state index in [0.29, 0.717) is 4.64 Å². The summed E-state index contributed by atoms with van der Waals surface area (Å²) in [5.41, 5.74) is 1.16. The van der Waals surface area contributed by atoms with Crippen molar-refractivity contribution in [3.8, 4) is 0 Å². The van der Waals surface area contributed by atoms with Crippen molar-refractivity contribution >= 4 is 18.2 Å². The average Bonchev–Trinajstić information content (AvgIpc) is 2.29. The number of anilines is 1. The predicted molar refractivity (Wildman–Crippen MR) is 68.5 cm³/mol. The molecule has 2 rings (SSSR count). The first-order valence-electron chi connectivity index (χ1n) is 5.73. The lowest BCUT2D eigenvalue weighted by atomic mass is 10.3. The molecule has 0 atom stereocenters. The van der Waals surface area contributed by atoms with Crippen LogP contribution in [0.25, 0.3) is 0 Å². The van der Waals surface area contributed by atoms with Crippen molar-refractivity contribution in [2.75, 3.05) is 38.1 Å². The quantitative estimate of drug-likeness (QED) is 0.791. The van der Waals surface area contributed by atoms with E-state index in [0.717, 1.165) is 44.2 Å². The van der Waals surface area contributed by atoms with Gasteiger partial charge in [0.2, 0.25) is 5.95 Å². The van der Waals surface area contributed by atoms with Crippen LogP contribution in [0, 0.1) is 4.64 Å². The first-order valence-corrected chi connectivity index (χ1v) is 6.13. The summed E-state index contributed by atoms with van der Waals surface area (Å²) < 4.78 is 0.685. The van der Waals surface area contributed by atoms with E-state index >= 15 is 0 Å². The lowest BCUT2D eigenvalue weighted by Crippen LogP contribution is -2.45. The second-order valence-corrected chi connectivity index (χ2v) is 4.63. The zero-order valence-corrected chi connectivity index (χ0v) is 10.7. The number of nitrogens with zero attached hydrogens (tertiary/aromatic N) is 3. The van der Waals surface area contributed by atoms with Crippen LogP contribution in [-0.4, -0.2) is 48.1 Å². The van der Waals surface area contributed by atoms with Crippen molar-refractivity contribution in [3.63, 3.8) is 0 Å². The summed E-state index contributed by atoms with van der Waals surface area (Å²) >= 11 is 5.18. The molecule has 0 amide bonds. The zero-order chi connectivity index (χ0) is 11.5. The standard InChI is InChI=1S/C11H18N4S/c1-3-9-8-10(16)13-11(12-9)15-6-4-14(2)5-7-15/h8H,3-7H2,1-2H3,(H,12,13,16). The molecule has 88 valence electrons. The van der Waals surface area contributed by atoms with Gasteiger partial charge in [-0.15, -0.1) is 0 Å². The van der Waals surface area contributed by atoms with E-state index in [9.17, 15) is 0 Å². The van der Waals surface area contributed by atoms with Crippen LogP contribution in [0.15, 0.2) is 6.07 Å². The summed E-state index contributed by atoms with van der Waals surface area (Å²) in [6, 6.07) is 1.94. The van der Waals surface area contributed by atoms with Gasteiger partial charge in [-0.05, 0) is 19.5 Å². The van der Waals surface area contributed by atoms with Gasteiger partial charge in [-0.3, -0.25) is 0 Å². The number of likely N-dealkylation sites (N-methyl/N-ethyl adjacent to an activating group) is 1. The number of H-pyrrole nitrogens is 1. The Morgan fingerprint density at radius 1 is 1.38 bits per heavy atom. The Morgan fingerprint density at radius 3 is 2.69 bits per heavy atom. The van der Waals surface area contributed by atoms with Gasteiger partial charge < -0.3 is 14.8 Å². The lowest BCUT2D eigenvalue weighted by molar-refractivity contribution is 0.311. The van der Waals surface area contributed by atoms with E-state index in [1.807, 2.05) is 6.07 Å². The molecule has 2 heterocycles. The van der Waals surface area contributed by atoms with Crippen molar-refractivity contribution in [1.29, 1.82) is 0 Å². The molecule has 0 aromatic carbocycles. The first-order chi connectivity index (χ1) is 7.69. The van der Waals surface area contributed by atoms with Gasteiger partial charge in [-0.1, -0.05) is 19.1 Å². The molecule has 0 saturated carbocycles. The molecular formula is C11H18N4S. The number of hydrogen-bond acceptors (Lipinski definition) is 4. The highest BCUT2D eigenvalue weighted by atomic mass is 32.1. The molecule has 1 aliphatic rings. The third-order valence-electron chi connectivity index (χ3n) is 2.97. The Hall–Kier alpha value is -0.940. The summed E-state index contributed by atoms with van der Waals surface area (Å²) in [6.07, 6.45) is 0.965. The first kappa shape index (κ1) is 11.5. The van der Waals surface area contributed by atoms with E-state index in [-0.39, 0.29) is 0 Å². The van der Waals surface area contributed by atoms with Crippen LogP contribution in [0.1, 0.15) is 12.6 Å². The van der Waals surface area contributed by atoms with Gasteiger partial charge >= 0.3 is 0 Å². The zero-order valence-electron chi connectivity index (χ0n) is 9.86. The van der Waals surface area contributed by atoms with Crippen LogP contribution in [0.5, 0.6) is 0 Å². The highest BCUT2D eigenvalue weighted by molar-refractivity contribution is 7.71. The predicted octanol–water partition coefficient (Wildman–Crippen LogP) is 1.45. The van der Waals surface area contributed by atoms with Crippen molar-refractivity contribution < 1.29 is 0 Å². The van der Waals surface area contributed by atoms with Gasteiger partial charge in [0.15, 0.2) is 0 Å². The van der Waals surface area contributed by atoms with Gasteiger partial charge in [-0.2, -0.15) is 0 Å². The molecule has 16 heavy (non-hydrogen) atoms. The summed E-state index contributed by atoms with van der Waals surface area (Å²) in [5.74, 6) is 0.928. The molecule has 0 radical (unpaired) electrons. The molecule has 5 heteroatoms. The minimum Gasteiger partial charge on any atom is -0.340 e. The van der Waals surface area contributed by atoms with E-state index in [4.69, 9.17) is 12.2 Å². The highest BCUT2D eigenvalue weighted by Crippen LogP contribution is 2.11. The monoisotopic (exact) mass is 238 g/mol. The van der Waals surface area contributed by atoms with E-state index in [1.165, 1.54) is 0 Å². The Kier molecular flexibility index (Phi) is 3.56. The summed E-state index contributed by atoms with van der Waals surface area (Å²) in [4.78, 5) is 12.3. The van der Waals surface area contributed by atoms with E-state index in [1.54, 1.807) is 0 Å². The number of rotatable bonds is 2. The van der Waals surface area contributed by atoms with Crippen molar-refractivity contribution in [2.24, 2.45) is 0 Å². The second kappa shape index (κ2) is 4.93. The molecule has 0 unspecified atom stereocenters. The number of nitrogens with one attached hydrogen (secondary N) is 1. The molecule has 1 fully saturated rings. The van der Waals surface area contributed by atoms with Gasteiger partial charge in [0.1, 0.15) is 4.64 Å². The van der Waals surface area contributed by atoms with E-state index < -0.39 is 0 Å². The second-order valence-electron chi connectivity index (χ2n) is 4.21. The molecule has 0 bridgehead atoms. The fourth-order valence-corrected chi connectivity index (χ4v) is 2.08. The maximum atomic E-state index is 5.18. The van der Waals surface area contributed by atoms with Crippen LogP contribution in [0.3, 0.4) is 0 Å². The number of piperazine rings is 1. The Labute approximate surface area is 101 Å². The fourth-order valence-electron chi connectivity index (χ4n) is 1.85. The summed E-state index contributed by atoms with van der Waals surface area (Å²) in [6.45, 7) is 6.31. The molecule has 1 saturated heterocycles. The van der Waals surface area contributed by atoms with Crippen molar-refractivity contribution in [1.82, 2.24) is 14.9 Å². The largest absolute Gasteiger partial charge is 0.340 e. The lowest BCUT2D eigenvalue weighted by Gasteiger charge is -2.32. The van der Waals surface area contributed by atoms with Crippen LogP contribution >= 0.6 is 12.2 Å². The molecular weight excluding hydrogens is 220 g/mol. The van der Waals surface area contributed by atoms with Gasteiger partial charge in [0, 0.05) is 31.9 Å². The average molecular weight is 238 g/mol. The fraction of sp³-hybridized carbons (Fsp3) is 0.636. The Bertz CT molecular complexity index is 407. The minimum absolute atomic E-state index is 0.685. The summed E-state index contributed by atoms with van der Waals surface area (Å²) in [7, 11) is 2.15. The molecule has 1 aromatic heterocycles. The SMILES string of the molecule is CCc1cc(=S)nc(N2CCN(C)CC2)[nH]1. The maximum Gasteiger partial charge on any atom is 0.204 e. The van der Waals surface area contributed by atoms with Crippen LogP contribution < -0.4 is 4.90 Å². The Morgan fingerprint density at radius 2 is 2.06 bits per heavy atom. The van der Waals surface area contributed by atoms with Gasteiger partial charge in [-0.25, -0.2) is 4.98 Å².